The molecule has 0 saturated heterocycles. The van der Waals surface area contributed by atoms with Crippen molar-refractivity contribution in [2.75, 3.05) is 19.8 Å². The molecule has 1 heterocycles. The van der Waals surface area contributed by atoms with Crippen LogP contribution in [0, 0.1) is 10.1 Å². The number of ether oxygens (including phenoxy) is 3. The fourth-order valence-electron chi connectivity index (χ4n) is 2.71. The van der Waals surface area contributed by atoms with E-state index in [1.165, 1.54) is 6.07 Å². The molecule has 146 valence electrons. The second-order valence-electron chi connectivity index (χ2n) is 6.05. The van der Waals surface area contributed by atoms with Gasteiger partial charge in [-0.1, -0.05) is 30.3 Å². The highest BCUT2D eigenvalue weighted by atomic mass is 16.6. The fraction of sp³-hybridized carbons (Fsp3) is 0.263. The van der Waals surface area contributed by atoms with Crippen LogP contribution < -0.4 is 14.8 Å². The SMILES string of the molecule is CC(NC(=O)COC(=O)c1cc2c(cc1[N+](=O)[O-])OCCO2)c1ccccc1. The first kappa shape index (κ1) is 19.2. The summed E-state index contributed by atoms with van der Waals surface area (Å²) >= 11 is 0. The summed E-state index contributed by atoms with van der Waals surface area (Å²) in [6.45, 7) is 1.75. The summed E-state index contributed by atoms with van der Waals surface area (Å²) in [6.07, 6.45) is 0. The van der Waals surface area contributed by atoms with Crippen molar-refractivity contribution >= 4 is 17.6 Å². The third-order valence-electron chi connectivity index (χ3n) is 4.09. The molecule has 2 aromatic rings. The van der Waals surface area contributed by atoms with E-state index in [2.05, 4.69) is 5.32 Å². The summed E-state index contributed by atoms with van der Waals surface area (Å²) in [5, 5.41) is 14.0. The van der Waals surface area contributed by atoms with Crippen molar-refractivity contribution in [3.05, 3.63) is 63.7 Å². The smallest absolute Gasteiger partial charge is 0.345 e. The second kappa shape index (κ2) is 8.38. The Morgan fingerprint density at radius 2 is 1.82 bits per heavy atom. The molecule has 1 aliphatic heterocycles. The molecule has 0 radical (unpaired) electrons. The van der Waals surface area contributed by atoms with Crippen LogP contribution in [-0.4, -0.2) is 36.6 Å². The maximum Gasteiger partial charge on any atom is 0.345 e. The Kier molecular flexibility index (Phi) is 5.73. The van der Waals surface area contributed by atoms with Gasteiger partial charge in [0.05, 0.1) is 17.0 Å². The lowest BCUT2D eigenvalue weighted by Crippen LogP contribution is -2.31. The second-order valence-corrected chi connectivity index (χ2v) is 6.05. The van der Waals surface area contributed by atoms with E-state index in [4.69, 9.17) is 14.2 Å². The maximum absolute atomic E-state index is 12.3. The van der Waals surface area contributed by atoms with Crippen molar-refractivity contribution < 1.29 is 28.7 Å². The fourth-order valence-corrected chi connectivity index (χ4v) is 2.71. The number of carbonyl (C=O) groups is 2. The minimum Gasteiger partial charge on any atom is -0.486 e. The third-order valence-corrected chi connectivity index (χ3v) is 4.09. The van der Waals surface area contributed by atoms with Gasteiger partial charge in [-0.2, -0.15) is 0 Å². The van der Waals surface area contributed by atoms with Gasteiger partial charge in [0.25, 0.3) is 11.6 Å². The Hall–Kier alpha value is -3.62. The minimum absolute atomic E-state index is 0.184. The standard InChI is InChI=1S/C19H18N2O7/c1-12(13-5-3-2-4-6-13)20-18(22)11-28-19(23)14-9-16-17(27-8-7-26-16)10-15(14)21(24)25/h2-6,9-10,12H,7-8,11H2,1H3,(H,20,22). The number of rotatable bonds is 6. The van der Waals surface area contributed by atoms with Crippen molar-refractivity contribution in [1.29, 1.82) is 0 Å². The summed E-state index contributed by atoms with van der Waals surface area (Å²) in [5.41, 5.74) is 0.107. The van der Waals surface area contributed by atoms with E-state index in [-0.39, 0.29) is 36.3 Å². The number of nitro benzene ring substituents is 1. The molecule has 0 bridgehead atoms. The molecule has 0 aromatic heterocycles. The van der Waals surface area contributed by atoms with Crippen molar-refractivity contribution in [2.24, 2.45) is 0 Å². The molecule has 0 spiro atoms. The Balaban J connectivity index is 1.66. The quantitative estimate of drug-likeness (QED) is 0.460. The van der Waals surface area contributed by atoms with E-state index in [1.54, 1.807) is 6.92 Å². The van der Waals surface area contributed by atoms with Crippen LogP contribution in [-0.2, 0) is 9.53 Å². The first-order valence-corrected chi connectivity index (χ1v) is 8.55. The number of carbonyl (C=O) groups excluding carboxylic acids is 2. The molecule has 3 rings (SSSR count). The zero-order chi connectivity index (χ0) is 20.1. The highest BCUT2D eigenvalue weighted by Crippen LogP contribution is 2.36. The first-order valence-electron chi connectivity index (χ1n) is 8.55. The van der Waals surface area contributed by atoms with Crippen LogP contribution in [0.15, 0.2) is 42.5 Å². The lowest BCUT2D eigenvalue weighted by molar-refractivity contribution is -0.385. The number of amides is 1. The van der Waals surface area contributed by atoms with Gasteiger partial charge in [0.1, 0.15) is 18.8 Å². The largest absolute Gasteiger partial charge is 0.486 e. The predicted molar refractivity (Wildman–Crippen MR) is 97.4 cm³/mol. The Morgan fingerprint density at radius 1 is 1.18 bits per heavy atom. The number of hydrogen-bond acceptors (Lipinski definition) is 7. The van der Waals surface area contributed by atoms with Crippen LogP contribution in [0.25, 0.3) is 0 Å². The maximum atomic E-state index is 12.3. The molecule has 0 fully saturated rings. The van der Waals surface area contributed by atoms with Gasteiger partial charge in [-0.3, -0.25) is 14.9 Å². The van der Waals surface area contributed by atoms with Crippen LogP contribution in [0.3, 0.4) is 0 Å². The molecule has 1 N–H and O–H groups in total. The van der Waals surface area contributed by atoms with Gasteiger partial charge >= 0.3 is 5.97 Å². The van der Waals surface area contributed by atoms with Gasteiger partial charge in [0, 0.05) is 6.07 Å². The monoisotopic (exact) mass is 386 g/mol. The molecular weight excluding hydrogens is 368 g/mol. The molecule has 1 amide bonds. The summed E-state index contributed by atoms with van der Waals surface area (Å²) in [4.78, 5) is 34.9. The molecule has 0 saturated carbocycles. The number of fused-ring (bicyclic) bond motifs is 1. The normalized spacial score (nSPS) is 13.3. The van der Waals surface area contributed by atoms with E-state index in [0.717, 1.165) is 11.6 Å². The highest BCUT2D eigenvalue weighted by molar-refractivity contribution is 5.96. The Morgan fingerprint density at radius 3 is 2.46 bits per heavy atom. The number of nitrogens with one attached hydrogen (secondary N) is 1. The van der Waals surface area contributed by atoms with Crippen LogP contribution in [0.2, 0.25) is 0 Å². The third kappa shape index (κ3) is 4.37. The summed E-state index contributed by atoms with van der Waals surface area (Å²) in [6, 6.07) is 11.3. The molecule has 1 atom stereocenters. The topological polar surface area (TPSA) is 117 Å². The Bertz CT molecular complexity index is 899. The predicted octanol–water partition coefficient (Wildman–Crippen LogP) is 2.40. The molecular formula is C19H18N2O7. The molecule has 2 aromatic carbocycles. The lowest BCUT2D eigenvalue weighted by Gasteiger charge is -2.18. The highest BCUT2D eigenvalue weighted by Gasteiger charge is 2.27. The van der Waals surface area contributed by atoms with E-state index < -0.39 is 29.1 Å². The van der Waals surface area contributed by atoms with Gasteiger partial charge in [0.15, 0.2) is 18.1 Å². The molecule has 28 heavy (non-hydrogen) atoms. The van der Waals surface area contributed by atoms with Gasteiger partial charge < -0.3 is 19.5 Å². The molecule has 9 heteroatoms. The van der Waals surface area contributed by atoms with Crippen molar-refractivity contribution in [3.63, 3.8) is 0 Å². The number of benzene rings is 2. The number of esters is 1. The van der Waals surface area contributed by atoms with E-state index in [1.807, 2.05) is 30.3 Å². The Labute approximate surface area is 160 Å². The van der Waals surface area contributed by atoms with Gasteiger partial charge in [-0.25, -0.2) is 4.79 Å². The van der Waals surface area contributed by atoms with E-state index in [9.17, 15) is 19.7 Å². The van der Waals surface area contributed by atoms with Crippen molar-refractivity contribution in [1.82, 2.24) is 5.32 Å². The number of hydrogen-bond donors (Lipinski definition) is 1. The van der Waals surface area contributed by atoms with Gasteiger partial charge in [-0.15, -0.1) is 0 Å². The van der Waals surface area contributed by atoms with E-state index in [0.29, 0.717) is 0 Å². The van der Waals surface area contributed by atoms with Crippen LogP contribution in [0.1, 0.15) is 28.9 Å². The van der Waals surface area contributed by atoms with Gasteiger partial charge in [-0.05, 0) is 12.5 Å². The van der Waals surface area contributed by atoms with Crippen LogP contribution >= 0.6 is 0 Å². The number of nitrogens with zero attached hydrogens (tertiary/aromatic N) is 1. The number of nitro groups is 1. The zero-order valence-electron chi connectivity index (χ0n) is 15.0. The van der Waals surface area contributed by atoms with Crippen molar-refractivity contribution in [3.8, 4) is 11.5 Å². The lowest BCUT2D eigenvalue weighted by atomic mass is 10.1. The molecule has 9 nitrogen and oxygen atoms in total. The van der Waals surface area contributed by atoms with Crippen LogP contribution in [0.5, 0.6) is 11.5 Å². The molecule has 1 unspecified atom stereocenters. The first-order chi connectivity index (χ1) is 13.5. The molecule has 0 aliphatic carbocycles. The summed E-state index contributed by atoms with van der Waals surface area (Å²) < 4.78 is 15.6. The van der Waals surface area contributed by atoms with E-state index >= 15 is 0 Å². The average molecular weight is 386 g/mol. The average Bonchev–Trinajstić information content (AvgIpc) is 2.71. The minimum atomic E-state index is -0.994. The summed E-state index contributed by atoms with van der Waals surface area (Å²) in [7, 11) is 0. The van der Waals surface area contributed by atoms with Gasteiger partial charge in [0.2, 0.25) is 0 Å². The van der Waals surface area contributed by atoms with Crippen molar-refractivity contribution in [2.45, 2.75) is 13.0 Å². The van der Waals surface area contributed by atoms with Crippen LogP contribution in [0.4, 0.5) is 5.69 Å². The molecule has 1 aliphatic rings. The zero-order valence-corrected chi connectivity index (χ0v) is 15.0. The summed E-state index contributed by atoms with van der Waals surface area (Å²) in [5.74, 6) is -1.12.